The monoisotopic (exact) mass is 456 g/mol. The summed E-state index contributed by atoms with van der Waals surface area (Å²) in [5, 5.41) is 3.47. The van der Waals surface area contributed by atoms with Crippen molar-refractivity contribution >= 4 is 40.0 Å². The molecule has 1 aliphatic carbocycles. The number of hydrogen-bond acceptors (Lipinski definition) is 3. The highest BCUT2D eigenvalue weighted by Crippen LogP contribution is 2.47. The lowest BCUT2D eigenvalue weighted by atomic mass is 9.68. The molecule has 2 saturated heterocycles. The number of guanidine groups is 1. The Morgan fingerprint density at radius 1 is 1.30 bits per heavy atom. The van der Waals surface area contributed by atoms with Crippen LogP contribution in [0.3, 0.4) is 0 Å². The molecular formula is C15H29IN4O2S. The van der Waals surface area contributed by atoms with Crippen molar-refractivity contribution in [3.05, 3.63) is 0 Å². The third-order valence-corrected chi connectivity index (χ3v) is 6.90. The fraction of sp³-hybridized carbons (Fsp3) is 0.933. The SMILES string of the molecule is CN=C(NCC1CCN(S(C)(=O)=O)C1)N1CCC2(CCC2)C1.I. The van der Waals surface area contributed by atoms with Gasteiger partial charge in [0.25, 0.3) is 0 Å². The van der Waals surface area contributed by atoms with E-state index in [2.05, 4.69) is 15.2 Å². The van der Waals surface area contributed by atoms with E-state index in [4.69, 9.17) is 0 Å². The van der Waals surface area contributed by atoms with Crippen LogP contribution in [0.1, 0.15) is 32.1 Å². The van der Waals surface area contributed by atoms with Crippen LogP contribution >= 0.6 is 24.0 Å². The van der Waals surface area contributed by atoms with Gasteiger partial charge >= 0.3 is 0 Å². The van der Waals surface area contributed by atoms with Crippen LogP contribution < -0.4 is 5.32 Å². The van der Waals surface area contributed by atoms with E-state index in [0.717, 1.165) is 32.0 Å². The molecule has 0 aromatic rings. The van der Waals surface area contributed by atoms with Crippen LogP contribution in [0.5, 0.6) is 0 Å². The largest absolute Gasteiger partial charge is 0.356 e. The fourth-order valence-electron chi connectivity index (χ4n) is 4.03. The van der Waals surface area contributed by atoms with Crippen LogP contribution in [0.15, 0.2) is 4.99 Å². The van der Waals surface area contributed by atoms with Crippen molar-refractivity contribution in [3.63, 3.8) is 0 Å². The Morgan fingerprint density at radius 2 is 2.04 bits per heavy atom. The smallest absolute Gasteiger partial charge is 0.211 e. The van der Waals surface area contributed by atoms with Gasteiger partial charge in [-0.2, -0.15) is 0 Å². The number of hydrogen-bond donors (Lipinski definition) is 1. The van der Waals surface area contributed by atoms with Gasteiger partial charge in [-0.1, -0.05) is 6.42 Å². The molecule has 1 saturated carbocycles. The predicted molar refractivity (Wildman–Crippen MR) is 104 cm³/mol. The van der Waals surface area contributed by atoms with Crippen LogP contribution in [0.4, 0.5) is 0 Å². The third-order valence-electron chi connectivity index (χ3n) is 5.63. The first-order chi connectivity index (χ1) is 10.4. The van der Waals surface area contributed by atoms with Gasteiger partial charge in [0.2, 0.25) is 10.0 Å². The number of likely N-dealkylation sites (tertiary alicyclic amines) is 1. The Bertz CT molecular complexity index is 548. The van der Waals surface area contributed by atoms with Crippen molar-refractivity contribution in [2.24, 2.45) is 16.3 Å². The van der Waals surface area contributed by atoms with Crippen molar-refractivity contribution in [1.29, 1.82) is 0 Å². The lowest BCUT2D eigenvalue weighted by Gasteiger charge is -2.38. The third kappa shape index (κ3) is 4.31. The Hall–Kier alpha value is -0.0900. The molecule has 6 nitrogen and oxygen atoms in total. The summed E-state index contributed by atoms with van der Waals surface area (Å²) >= 11 is 0. The zero-order valence-corrected chi connectivity index (χ0v) is 17.3. The number of rotatable bonds is 3. The molecule has 3 fully saturated rings. The number of nitrogens with zero attached hydrogens (tertiary/aromatic N) is 3. The molecule has 3 rings (SSSR count). The van der Waals surface area contributed by atoms with Crippen molar-refractivity contribution in [1.82, 2.24) is 14.5 Å². The molecule has 0 radical (unpaired) electrons. The molecule has 0 amide bonds. The molecular weight excluding hydrogens is 427 g/mol. The maximum atomic E-state index is 11.6. The first-order valence-electron chi connectivity index (χ1n) is 8.33. The Kier molecular flexibility index (Phi) is 6.21. The maximum absolute atomic E-state index is 11.6. The molecule has 3 aliphatic rings. The maximum Gasteiger partial charge on any atom is 0.211 e. The van der Waals surface area contributed by atoms with Crippen LogP contribution in [0.25, 0.3) is 0 Å². The molecule has 2 aliphatic heterocycles. The minimum atomic E-state index is -3.04. The molecule has 1 unspecified atom stereocenters. The van der Waals surface area contributed by atoms with Crippen LogP contribution in [0, 0.1) is 11.3 Å². The molecule has 1 spiro atoms. The van der Waals surface area contributed by atoms with Gasteiger partial charge in [-0.25, -0.2) is 12.7 Å². The molecule has 134 valence electrons. The lowest BCUT2D eigenvalue weighted by Crippen LogP contribution is -2.44. The average Bonchev–Trinajstić information content (AvgIpc) is 3.04. The van der Waals surface area contributed by atoms with Gasteiger partial charge in [-0.05, 0) is 37.0 Å². The lowest BCUT2D eigenvalue weighted by molar-refractivity contribution is 0.151. The van der Waals surface area contributed by atoms with Gasteiger partial charge in [0, 0.05) is 39.8 Å². The molecule has 8 heteroatoms. The van der Waals surface area contributed by atoms with E-state index in [0.29, 0.717) is 24.4 Å². The second-order valence-corrected chi connectivity index (χ2v) is 9.21. The van der Waals surface area contributed by atoms with Gasteiger partial charge in [0.1, 0.15) is 0 Å². The van der Waals surface area contributed by atoms with Crippen molar-refractivity contribution in [3.8, 4) is 0 Å². The van der Waals surface area contributed by atoms with Crippen molar-refractivity contribution in [2.75, 3.05) is 46.0 Å². The second-order valence-electron chi connectivity index (χ2n) is 7.23. The summed E-state index contributed by atoms with van der Waals surface area (Å²) in [7, 11) is -1.20. The van der Waals surface area contributed by atoms with E-state index in [1.807, 2.05) is 7.05 Å². The van der Waals surface area contributed by atoms with Gasteiger partial charge in [-0.3, -0.25) is 4.99 Å². The summed E-state index contributed by atoms with van der Waals surface area (Å²) in [4.78, 5) is 6.80. The average molecular weight is 456 g/mol. The second kappa shape index (κ2) is 7.43. The normalized spacial score (nSPS) is 27.8. The molecule has 1 N–H and O–H groups in total. The summed E-state index contributed by atoms with van der Waals surface area (Å²) < 4.78 is 24.7. The van der Waals surface area contributed by atoms with Gasteiger partial charge < -0.3 is 10.2 Å². The molecule has 0 aromatic heterocycles. The minimum Gasteiger partial charge on any atom is -0.356 e. The van der Waals surface area contributed by atoms with E-state index in [-0.39, 0.29) is 24.0 Å². The van der Waals surface area contributed by atoms with Gasteiger partial charge in [0.05, 0.1) is 6.26 Å². The van der Waals surface area contributed by atoms with E-state index >= 15 is 0 Å². The zero-order chi connectivity index (χ0) is 15.8. The number of sulfonamides is 1. The first kappa shape index (κ1) is 19.2. The standard InChI is InChI=1S/C15H28N4O2S.HI/c1-16-14(18-9-7-15(12-18)5-3-6-15)17-10-13-4-8-19(11-13)22(2,20)21;/h13H,3-12H2,1-2H3,(H,16,17);1H. The van der Waals surface area contributed by atoms with Crippen molar-refractivity contribution in [2.45, 2.75) is 32.1 Å². The summed E-state index contributed by atoms with van der Waals surface area (Å²) in [5.41, 5.74) is 0.568. The Labute approximate surface area is 157 Å². The fourth-order valence-corrected chi connectivity index (χ4v) is 4.95. The molecule has 23 heavy (non-hydrogen) atoms. The van der Waals surface area contributed by atoms with E-state index in [9.17, 15) is 8.42 Å². The number of aliphatic imine (C=N–C) groups is 1. The Morgan fingerprint density at radius 3 is 2.52 bits per heavy atom. The zero-order valence-electron chi connectivity index (χ0n) is 14.1. The van der Waals surface area contributed by atoms with E-state index in [1.54, 1.807) is 4.31 Å². The molecule has 0 aromatic carbocycles. The minimum absolute atomic E-state index is 0. The molecule has 0 bridgehead atoms. The topological polar surface area (TPSA) is 65.0 Å². The first-order valence-corrected chi connectivity index (χ1v) is 10.2. The summed E-state index contributed by atoms with van der Waals surface area (Å²) in [6, 6.07) is 0. The Balaban J connectivity index is 0.00000192. The summed E-state index contributed by atoms with van der Waals surface area (Å²) in [6.45, 7) is 4.32. The highest BCUT2D eigenvalue weighted by molar-refractivity contribution is 14.0. The molecule has 2 heterocycles. The van der Waals surface area contributed by atoms with E-state index < -0.39 is 10.0 Å². The van der Waals surface area contributed by atoms with E-state index in [1.165, 1.54) is 31.9 Å². The number of halogens is 1. The van der Waals surface area contributed by atoms with Crippen molar-refractivity contribution < 1.29 is 8.42 Å². The van der Waals surface area contributed by atoms with Crippen LogP contribution in [0.2, 0.25) is 0 Å². The predicted octanol–water partition coefficient (Wildman–Crippen LogP) is 1.34. The highest BCUT2D eigenvalue weighted by Gasteiger charge is 2.43. The number of nitrogens with one attached hydrogen (secondary N) is 1. The van der Waals surface area contributed by atoms with Crippen LogP contribution in [-0.2, 0) is 10.0 Å². The molecule has 1 atom stereocenters. The summed E-state index contributed by atoms with van der Waals surface area (Å²) in [6.07, 6.45) is 7.63. The van der Waals surface area contributed by atoms with Gasteiger partial charge in [-0.15, -0.1) is 24.0 Å². The highest BCUT2D eigenvalue weighted by atomic mass is 127. The summed E-state index contributed by atoms with van der Waals surface area (Å²) in [5.74, 6) is 1.37. The van der Waals surface area contributed by atoms with Crippen LogP contribution in [-0.4, -0.2) is 69.6 Å². The quantitative estimate of drug-likeness (QED) is 0.396. The van der Waals surface area contributed by atoms with Gasteiger partial charge in [0.15, 0.2) is 5.96 Å².